The van der Waals surface area contributed by atoms with Gasteiger partial charge in [-0.05, 0) is 18.9 Å². The Morgan fingerprint density at radius 2 is 2.33 bits per heavy atom. The number of ketones is 1. The van der Waals surface area contributed by atoms with Crippen molar-refractivity contribution in [1.82, 2.24) is 14.8 Å². The molecule has 0 atom stereocenters. The van der Waals surface area contributed by atoms with Crippen molar-refractivity contribution in [2.24, 2.45) is 0 Å². The molecule has 4 heteroatoms. The highest BCUT2D eigenvalue weighted by Gasteiger charge is 2.14. The maximum absolute atomic E-state index is 11.1. The van der Waals surface area contributed by atoms with E-state index in [4.69, 9.17) is 0 Å². The van der Waals surface area contributed by atoms with Gasteiger partial charge in [-0.3, -0.25) is 4.79 Å². The summed E-state index contributed by atoms with van der Waals surface area (Å²) < 4.78 is 1.92. The zero-order chi connectivity index (χ0) is 10.7. The second-order valence-electron chi connectivity index (χ2n) is 3.85. The van der Waals surface area contributed by atoms with Crippen LogP contribution in [0, 0.1) is 0 Å². The monoisotopic (exact) mass is 205 g/mol. The van der Waals surface area contributed by atoms with E-state index in [1.807, 2.05) is 4.68 Å². The van der Waals surface area contributed by atoms with Gasteiger partial charge < -0.3 is 0 Å². The molecule has 0 aliphatic heterocycles. The molecule has 15 heavy (non-hydrogen) atoms. The van der Waals surface area contributed by atoms with Crippen molar-refractivity contribution in [1.29, 1.82) is 0 Å². The zero-order valence-corrected chi connectivity index (χ0v) is 8.94. The molecule has 1 aromatic rings. The average molecular weight is 205 g/mol. The Hall–Kier alpha value is -1.45. The van der Waals surface area contributed by atoms with E-state index >= 15 is 0 Å². The Bertz CT molecular complexity index is 392. The lowest BCUT2D eigenvalue weighted by atomic mass is 10.1. The minimum absolute atomic E-state index is 0.242. The minimum Gasteiger partial charge on any atom is -0.295 e. The molecule has 1 heterocycles. The van der Waals surface area contributed by atoms with Crippen LogP contribution in [0.2, 0.25) is 0 Å². The van der Waals surface area contributed by atoms with E-state index in [-0.39, 0.29) is 5.78 Å². The fourth-order valence-corrected chi connectivity index (χ4v) is 1.82. The van der Waals surface area contributed by atoms with E-state index < -0.39 is 0 Å². The summed E-state index contributed by atoms with van der Waals surface area (Å²) in [4.78, 5) is 15.3. The summed E-state index contributed by atoms with van der Waals surface area (Å²) in [5.74, 6) is 1.21. The second kappa shape index (κ2) is 4.38. The summed E-state index contributed by atoms with van der Waals surface area (Å²) in [5.41, 5.74) is 1.19. The third-order valence-corrected chi connectivity index (χ3v) is 2.57. The molecule has 4 nitrogen and oxygen atoms in total. The van der Waals surface area contributed by atoms with Crippen molar-refractivity contribution >= 4 is 5.78 Å². The van der Waals surface area contributed by atoms with Gasteiger partial charge in [0.1, 0.15) is 12.2 Å². The second-order valence-corrected chi connectivity index (χ2v) is 3.85. The van der Waals surface area contributed by atoms with Crippen molar-refractivity contribution in [2.45, 2.75) is 39.2 Å². The molecule has 0 aromatic carbocycles. The molecule has 0 bridgehead atoms. The van der Waals surface area contributed by atoms with Crippen LogP contribution in [0.15, 0.2) is 18.0 Å². The quantitative estimate of drug-likeness (QED) is 0.748. The fourth-order valence-electron chi connectivity index (χ4n) is 1.82. The highest BCUT2D eigenvalue weighted by atomic mass is 16.1. The van der Waals surface area contributed by atoms with Gasteiger partial charge in [-0.15, -0.1) is 0 Å². The summed E-state index contributed by atoms with van der Waals surface area (Å²) in [6.45, 7) is 3.01. The predicted octanol–water partition coefficient (Wildman–Crippen LogP) is 1.52. The first kappa shape index (κ1) is 10.1. The van der Waals surface area contributed by atoms with Crippen LogP contribution in [-0.2, 0) is 17.8 Å². The van der Waals surface area contributed by atoms with Crippen LogP contribution in [0.5, 0.6) is 0 Å². The minimum atomic E-state index is 0.242. The lowest BCUT2D eigenvalue weighted by molar-refractivity contribution is -0.114. The molecule has 0 unspecified atom stereocenters. The molecular formula is C11H15N3O. The largest absolute Gasteiger partial charge is 0.295 e. The van der Waals surface area contributed by atoms with Gasteiger partial charge in [0.2, 0.25) is 0 Å². The Labute approximate surface area is 89.0 Å². The van der Waals surface area contributed by atoms with Crippen molar-refractivity contribution in [2.75, 3.05) is 0 Å². The van der Waals surface area contributed by atoms with Crippen LogP contribution >= 0.6 is 0 Å². The normalized spacial score (nSPS) is 15.8. The first-order chi connectivity index (χ1) is 7.29. The SMILES string of the molecule is CCCn1ncnc1CC1=CC(=O)CC1. The summed E-state index contributed by atoms with van der Waals surface area (Å²) >= 11 is 0. The number of hydrogen-bond acceptors (Lipinski definition) is 3. The van der Waals surface area contributed by atoms with Crippen molar-refractivity contribution in [3.63, 3.8) is 0 Å². The van der Waals surface area contributed by atoms with Gasteiger partial charge >= 0.3 is 0 Å². The van der Waals surface area contributed by atoms with E-state index in [0.29, 0.717) is 6.42 Å². The van der Waals surface area contributed by atoms with Gasteiger partial charge in [0.15, 0.2) is 5.78 Å². The molecule has 2 rings (SSSR count). The molecule has 0 fully saturated rings. The standard InChI is InChI=1S/C11H15N3O/c1-2-5-14-11(12-8-13-14)7-9-3-4-10(15)6-9/h6,8H,2-5,7H2,1H3. The lowest BCUT2D eigenvalue weighted by Crippen LogP contribution is -2.06. The van der Waals surface area contributed by atoms with Gasteiger partial charge in [-0.2, -0.15) is 5.10 Å². The number of carbonyl (C=O) groups is 1. The van der Waals surface area contributed by atoms with Crippen LogP contribution < -0.4 is 0 Å². The number of allylic oxidation sites excluding steroid dienone is 2. The van der Waals surface area contributed by atoms with E-state index in [0.717, 1.165) is 31.6 Å². The number of hydrogen-bond donors (Lipinski definition) is 0. The van der Waals surface area contributed by atoms with Gasteiger partial charge in [0.25, 0.3) is 0 Å². The van der Waals surface area contributed by atoms with Crippen LogP contribution in [0.25, 0.3) is 0 Å². The molecule has 0 spiro atoms. The van der Waals surface area contributed by atoms with Gasteiger partial charge in [-0.1, -0.05) is 12.5 Å². The third kappa shape index (κ3) is 2.32. The summed E-state index contributed by atoms with van der Waals surface area (Å²) in [6, 6.07) is 0. The molecule has 0 saturated carbocycles. The summed E-state index contributed by atoms with van der Waals surface area (Å²) in [6.07, 6.45) is 6.71. The predicted molar refractivity (Wildman–Crippen MR) is 56.3 cm³/mol. The molecule has 1 aromatic heterocycles. The van der Waals surface area contributed by atoms with Crippen molar-refractivity contribution in [3.8, 4) is 0 Å². The van der Waals surface area contributed by atoms with Crippen molar-refractivity contribution < 1.29 is 4.79 Å². The first-order valence-corrected chi connectivity index (χ1v) is 5.38. The Balaban J connectivity index is 2.07. The highest BCUT2D eigenvalue weighted by Crippen LogP contribution is 2.18. The fraction of sp³-hybridized carbons (Fsp3) is 0.545. The summed E-state index contributed by atoms with van der Waals surface area (Å²) in [5, 5.41) is 4.16. The number of aryl methyl sites for hydroxylation is 1. The molecule has 0 radical (unpaired) electrons. The third-order valence-electron chi connectivity index (χ3n) is 2.57. The number of rotatable bonds is 4. The summed E-state index contributed by atoms with van der Waals surface area (Å²) in [7, 11) is 0. The highest BCUT2D eigenvalue weighted by molar-refractivity contribution is 5.92. The number of carbonyl (C=O) groups excluding carboxylic acids is 1. The van der Waals surface area contributed by atoms with E-state index in [1.165, 1.54) is 5.57 Å². The van der Waals surface area contributed by atoms with Crippen LogP contribution in [-0.4, -0.2) is 20.5 Å². The molecule has 0 saturated heterocycles. The van der Waals surface area contributed by atoms with Crippen molar-refractivity contribution in [3.05, 3.63) is 23.8 Å². The molecule has 1 aliphatic rings. The molecule has 0 N–H and O–H groups in total. The molecule has 0 amide bonds. The van der Waals surface area contributed by atoms with Gasteiger partial charge in [0, 0.05) is 19.4 Å². The first-order valence-electron chi connectivity index (χ1n) is 5.38. The number of aromatic nitrogens is 3. The maximum atomic E-state index is 11.1. The average Bonchev–Trinajstić information content (AvgIpc) is 2.78. The Morgan fingerprint density at radius 3 is 3.00 bits per heavy atom. The van der Waals surface area contributed by atoms with E-state index in [2.05, 4.69) is 17.0 Å². The topological polar surface area (TPSA) is 47.8 Å². The molecule has 1 aliphatic carbocycles. The number of nitrogens with zero attached hydrogens (tertiary/aromatic N) is 3. The van der Waals surface area contributed by atoms with Gasteiger partial charge in [0.05, 0.1) is 0 Å². The smallest absolute Gasteiger partial charge is 0.155 e. The van der Waals surface area contributed by atoms with Crippen LogP contribution in [0.1, 0.15) is 32.0 Å². The van der Waals surface area contributed by atoms with E-state index in [9.17, 15) is 4.79 Å². The zero-order valence-electron chi connectivity index (χ0n) is 8.94. The van der Waals surface area contributed by atoms with E-state index in [1.54, 1.807) is 12.4 Å². The Morgan fingerprint density at radius 1 is 1.47 bits per heavy atom. The van der Waals surface area contributed by atoms with Crippen LogP contribution in [0.4, 0.5) is 0 Å². The van der Waals surface area contributed by atoms with Gasteiger partial charge in [-0.25, -0.2) is 9.67 Å². The maximum Gasteiger partial charge on any atom is 0.155 e. The lowest BCUT2D eigenvalue weighted by Gasteiger charge is -2.04. The Kier molecular flexibility index (Phi) is 2.94. The van der Waals surface area contributed by atoms with Crippen LogP contribution in [0.3, 0.4) is 0 Å². The molecular weight excluding hydrogens is 190 g/mol. The molecule has 80 valence electrons.